The summed E-state index contributed by atoms with van der Waals surface area (Å²) in [5.41, 5.74) is 0.641. The van der Waals surface area contributed by atoms with Crippen molar-refractivity contribution in [1.82, 2.24) is 10.6 Å². The second-order valence-corrected chi connectivity index (χ2v) is 5.26. The second kappa shape index (κ2) is 7.96. The van der Waals surface area contributed by atoms with E-state index in [0.717, 1.165) is 0 Å². The molecule has 1 aromatic carbocycles. The fourth-order valence-electron chi connectivity index (χ4n) is 1.92. The Bertz CT molecular complexity index is 698. The van der Waals surface area contributed by atoms with Crippen molar-refractivity contribution in [3.63, 3.8) is 0 Å². The quantitative estimate of drug-likeness (QED) is 0.748. The largest absolute Gasteiger partial charge is 0.459 e. The molecule has 1 heterocycles. The Kier molecular flexibility index (Phi) is 5.73. The third-order valence-corrected chi connectivity index (χ3v) is 3.28. The van der Waals surface area contributed by atoms with Gasteiger partial charge in [0.25, 0.3) is 5.91 Å². The molecule has 0 aliphatic rings. The van der Waals surface area contributed by atoms with Gasteiger partial charge < -0.3 is 20.4 Å². The lowest BCUT2D eigenvalue weighted by molar-refractivity contribution is -0.127. The molecule has 7 nitrogen and oxygen atoms in total. The van der Waals surface area contributed by atoms with E-state index in [9.17, 15) is 14.4 Å². The Balaban J connectivity index is 1.84. The van der Waals surface area contributed by atoms with Crippen molar-refractivity contribution in [2.45, 2.75) is 25.9 Å². The minimum Gasteiger partial charge on any atom is -0.459 e. The van der Waals surface area contributed by atoms with Crippen LogP contribution in [0.3, 0.4) is 0 Å². The number of rotatable bonds is 6. The van der Waals surface area contributed by atoms with Gasteiger partial charge in [0.1, 0.15) is 12.1 Å². The summed E-state index contributed by atoms with van der Waals surface area (Å²) in [5.74, 6) is -1.20. The smallest absolute Gasteiger partial charge is 0.287 e. The molecule has 126 valence electrons. The summed E-state index contributed by atoms with van der Waals surface area (Å²) < 4.78 is 4.95. The predicted octanol–water partition coefficient (Wildman–Crippen LogP) is 1.54. The molecule has 0 fully saturated rings. The maximum atomic E-state index is 12.1. The van der Waals surface area contributed by atoms with Crippen molar-refractivity contribution in [3.05, 3.63) is 54.5 Å². The molecule has 3 N–H and O–H groups in total. The minimum absolute atomic E-state index is 0.115. The van der Waals surface area contributed by atoms with Gasteiger partial charge >= 0.3 is 0 Å². The molecule has 0 saturated heterocycles. The Labute approximate surface area is 139 Å². The summed E-state index contributed by atoms with van der Waals surface area (Å²) in [4.78, 5) is 35.9. The summed E-state index contributed by atoms with van der Waals surface area (Å²) in [6, 6.07) is 10.4. The van der Waals surface area contributed by atoms with E-state index in [1.54, 1.807) is 37.3 Å². The van der Waals surface area contributed by atoms with Crippen LogP contribution in [0.15, 0.2) is 53.1 Å². The fourth-order valence-corrected chi connectivity index (χ4v) is 1.92. The van der Waals surface area contributed by atoms with Gasteiger partial charge in [-0.15, -0.1) is 0 Å². The van der Waals surface area contributed by atoms with Crippen LogP contribution < -0.4 is 16.0 Å². The summed E-state index contributed by atoms with van der Waals surface area (Å²) in [7, 11) is 0. The van der Waals surface area contributed by atoms with Crippen LogP contribution in [-0.4, -0.2) is 29.8 Å². The zero-order valence-electron chi connectivity index (χ0n) is 13.4. The lowest BCUT2D eigenvalue weighted by atomic mass is 10.2. The van der Waals surface area contributed by atoms with Crippen molar-refractivity contribution in [1.29, 1.82) is 0 Å². The van der Waals surface area contributed by atoms with Crippen LogP contribution in [0.4, 0.5) is 5.69 Å². The molecule has 24 heavy (non-hydrogen) atoms. The standard InChI is InChI=1S/C17H19N3O4/c1-11(19-17(23)14-9-6-10-24-14)15(21)18-12(2)16(22)20-13-7-4-3-5-8-13/h3-12H,1-2H3,(H,18,21)(H,19,23)(H,20,22). The topological polar surface area (TPSA) is 100 Å². The van der Waals surface area contributed by atoms with Crippen LogP contribution in [0.25, 0.3) is 0 Å². The molecule has 0 radical (unpaired) electrons. The monoisotopic (exact) mass is 329 g/mol. The van der Waals surface area contributed by atoms with Crippen LogP contribution in [-0.2, 0) is 9.59 Å². The first-order valence-electron chi connectivity index (χ1n) is 7.48. The van der Waals surface area contributed by atoms with Gasteiger partial charge in [0.15, 0.2) is 5.76 Å². The molecule has 2 aromatic rings. The van der Waals surface area contributed by atoms with Gasteiger partial charge in [-0.25, -0.2) is 0 Å². The molecular formula is C17H19N3O4. The third kappa shape index (κ3) is 4.70. The van der Waals surface area contributed by atoms with Gasteiger partial charge in [0.2, 0.25) is 11.8 Å². The van der Waals surface area contributed by atoms with Gasteiger partial charge in [-0.3, -0.25) is 14.4 Å². The van der Waals surface area contributed by atoms with Crippen molar-refractivity contribution < 1.29 is 18.8 Å². The first-order chi connectivity index (χ1) is 11.5. The second-order valence-electron chi connectivity index (χ2n) is 5.26. The van der Waals surface area contributed by atoms with E-state index < -0.39 is 23.9 Å². The first-order valence-corrected chi connectivity index (χ1v) is 7.48. The minimum atomic E-state index is -0.811. The van der Waals surface area contributed by atoms with Gasteiger partial charge in [-0.05, 0) is 38.1 Å². The van der Waals surface area contributed by atoms with Crippen LogP contribution in [0.2, 0.25) is 0 Å². The Morgan fingerprint density at radius 1 is 0.875 bits per heavy atom. The average Bonchev–Trinajstić information content (AvgIpc) is 3.10. The number of para-hydroxylation sites is 1. The Morgan fingerprint density at radius 2 is 1.54 bits per heavy atom. The third-order valence-electron chi connectivity index (χ3n) is 3.28. The summed E-state index contributed by atoms with van der Waals surface area (Å²) in [5, 5.41) is 7.75. The van der Waals surface area contributed by atoms with Gasteiger partial charge in [0.05, 0.1) is 6.26 Å². The molecule has 2 unspecified atom stereocenters. The highest BCUT2D eigenvalue weighted by atomic mass is 16.3. The number of benzene rings is 1. The highest BCUT2D eigenvalue weighted by Crippen LogP contribution is 2.05. The fraction of sp³-hybridized carbons (Fsp3) is 0.235. The number of carbonyl (C=O) groups is 3. The lowest BCUT2D eigenvalue weighted by Crippen LogP contribution is -2.50. The first kappa shape index (κ1) is 17.3. The summed E-state index contributed by atoms with van der Waals surface area (Å²) in [6.07, 6.45) is 1.37. The Hall–Kier alpha value is -3.09. The van der Waals surface area contributed by atoms with Crippen molar-refractivity contribution in [2.24, 2.45) is 0 Å². The zero-order valence-corrected chi connectivity index (χ0v) is 13.4. The van der Waals surface area contributed by atoms with Crippen molar-refractivity contribution in [3.8, 4) is 0 Å². The van der Waals surface area contributed by atoms with Crippen LogP contribution in [0.5, 0.6) is 0 Å². The number of nitrogens with one attached hydrogen (secondary N) is 3. The molecular weight excluding hydrogens is 310 g/mol. The summed E-state index contributed by atoms with van der Waals surface area (Å²) in [6.45, 7) is 3.09. The normalized spacial score (nSPS) is 12.8. The number of anilines is 1. The maximum Gasteiger partial charge on any atom is 0.287 e. The molecule has 0 spiro atoms. The van der Waals surface area contributed by atoms with Gasteiger partial charge in [0, 0.05) is 5.69 Å². The number of amides is 3. The molecule has 0 aliphatic heterocycles. The predicted molar refractivity (Wildman–Crippen MR) is 88.3 cm³/mol. The van der Waals surface area contributed by atoms with E-state index >= 15 is 0 Å². The average molecular weight is 329 g/mol. The number of hydrogen-bond donors (Lipinski definition) is 3. The highest BCUT2D eigenvalue weighted by Gasteiger charge is 2.22. The van der Waals surface area contributed by atoms with E-state index in [-0.39, 0.29) is 11.7 Å². The number of hydrogen-bond acceptors (Lipinski definition) is 4. The van der Waals surface area contributed by atoms with E-state index in [4.69, 9.17) is 4.42 Å². The van der Waals surface area contributed by atoms with E-state index in [1.807, 2.05) is 6.07 Å². The van der Waals surface area contributed by atoms with Crippen molar-refractivity contribution >= 4 is 23.4 Å². The molecule has 7 heteroatoms. The number of carbonyl (C=O) groups excluding carboxylic acids is 3. The van der Waals surface area contributed by atoms with Crippen LogP contribution in [0.1, 0.15) is 24.4 Å². The van der Waals surface area contributed by atoms with E-state index in [1.165, 1.54) is 19.3 Å². The van der Waals surface area contributed by atoms with Crippen LogP contribution >= 0.6 is 0 Å². The molecule has 2 atom stereocenters. The molecule has 2 rings (SSSR count). The van der Waals surface area contributed by atoms with E-state index in [0.29, 0.717) is 5.69 Å². The maximum absolute atomic E-state index is 12.1. The highest BCUT2D eigenvalue weighted by molar-refractivity contribution is 5.99. The molecule has 1 aromatic heterocycles. The van der Waals surface area contributed by atoms with Crippen molar-refractivity contribution in [2.75, 3.05) is 5.32 Å². The Morgan fingerprint density at radius 3 is 2.17 bits per heavy atom. The molecule has 0 saturated carbocycles. The molecule has 0 bridgehead atoms. The van der Waals surface area contributed by atoms with Crippen LogP contribution in [0, 0.1) is 0 Å². The van der Waals surface area contributed by atoms with Gasteiger partial charge in [-0.2, -0.15) is 0 Å². The SMILES string of the molecule is CC(NC(=O)c1ccco1)C(=O)NC(C)C(=O)Nc1ccccc1. The summed E-state index contributed by atoms with van der Waals surface area (Å²) >= 11 is 0. The zero-order chi connectivity index (χ0) is 17.5. The lowest BCUT2D eigenvalue weighted by Gasteiger charge is -2.18. The van der Waals surface area contributed by atoms with E-state index in [2.05, 4.69) is 16.0 Å². The molecule has 3 amide bonds. The molecule has 0 aliphatic carbocycles. The van der Waals surface area contributed by atoms with Gasteiger partial charge in [-0.1, -0.05) is 18.2 Å². The number of furan rings is 1.